The molecular formula is C20H18Cl2N2O2S. The Kier molecular flexibility index (Phi) is 6.37. The fourth-order valence-corrected chi connectivity index (χ4v) is 3.74. The molecule has 0 N–H and O–H groups in total. The van der Waals surface area contributed by atoms with Crippen molar-refractivity contribution in [3.63, 3.8) is 0 Å². The summed E-state index contributed by atoms with van der Waals surface area (Å²) in [6.07, 6.45) is 0.950. The van der Waals surface area contributed by atoms with E-state index in [0.717, 1.165) is 12.1 Å². The first kappa shape index (κ1) is 19.7. The van der Waals surface area contributed by atoms with E-state index in [2.05, 4.69) is 11.9 Å². The number of amides is 1. The summed E-state index contributed by atoms with van der Waals surface area (Å²) in [4.78, 5) is 18.3. The number of anilines is 2. The highest BCUT2D eigenvalue weighted by molar-refractivity contribution is 7.14. The predicted octanol–water partition coefficient (Wildman–Crippen LogP) is 6.28. The van der Waals surface area contributed by atoms with Crippen LogP contribution in [-0.2, 0) is 17.8 Å². The molecule has 1 aromatic heterocycles. The maximum Gasteiger partial charge on any atom is 0.230 e. The van der Waals surface area contributed by atoms with E-state index < -0.39 is 0 Å². The predicted molar refractivity (Wildman–Crippen MR) is 112 cm³/mol. The zero-order valence-corrected chi connectivity index (χ0v) is 17.2. The van der Waals surface area contributed by atoms with Crippen molar-refractivity contribution in [1.29, 1.82) is 0 Å². The summed E-state index contributed by atoms with van der Waals surface area (Å²) >= 11 is 13.5. The van der Waals surface area contributed by atoms with Crippen molar-refractivity contribution in [2.75, 3.05) is 4.90 Å². The molecule has 0 saturated carbocycles. The van der Waals surface area contributed by atoms with Crippen molar-refractivity contribution in [2.24, 2.45) is 0 Å². The fraction of sp³-hybridized carbons (Fsp3) is 0.200. The van der Waals surface area contributed by atoms with Crippen LogP contribution < -0.4 is 9.64 Å². The molecule has 0 aliphatic rings. The zero-order chi connectivity index (χ0) is 19.4. The minimum absolute atomic E-state index is 0.0982. The van der Waals surface area contributed by atoms with E-state index in [-0.39, 0.29) is 12.5 Å². The number of carbonyl (C=O) groups excluding carboxylic acids is 1. The van der Waals surface area contributed by atoms with E-state index in [1.54, 1.807) is 23.1 Å². The molecule has 4 nitrogen and oxygen atoms in total. The van der Waals surface area contributed by atoms with Crippen molar-refractivity contribution in [1.82, 2.24) is 4.98 Å². The Hall–Kier alpha value is -2.08. The van der Waals surface area contributed by atoms with Gasteiger partial charge in [-0.1, -0.05) is 48.3 Å². The first-order valence-electron chi connectivity index (χ1n) is 8.40. The van der Waals surface area contributed by atoms with Gasteiger partial charge >= 0.3 is 0 Å². The second kappa shape index (κ2) is 8.74. The SMILES string of the molecule is CCc1ccc(N(C(C)=O)c2nc(COc3cccc(Cl)c3Cl)cs2)cc1. The van der Waals surface area contributed by atoms with Gasteiger partial charge < -0.3 is 4.74 Å². The van der Waals surface area contributed by atoms with Gasteiger partial charge in [-0.3, -0.25) is 9.69 Å². The molecule has 0 bridgehead atoms. The molecule has 0 atom stereocenters. The second-order valence-corrected chi connectivity index (χ2v) is 7.46. The number of carbonyl (C=O) groups is 1. The van der Waals surface area contributed by atoms with Crippen LogP contribution in [0.4, 0.5) is 10.8 Å². The Bertz CT molecular complexity index is 941. The second-order valence-electron chi connectivity index (χ2n) is 5.84. The lowest BCUT2D eigenvalue weighted by Crippen LogP contribution is -2.22. The summed E-state index contributed by atoms with van der Waals surface area (Å²) in [5, 5.41) is 3.27. The number of aryl methyl sites for hydroxylation is 1. The van der Waals surface area contributed by atoms with Crippen molar-refractivity contribution in [3.8, 4) is 5.75 Å². The minimum atomic E-state index is -0.0982. The molecule has 1 heterocycles. The van der Waals surface area contributed by atoms with Crippen LogP contribution in [-0.4, -0.2) is 10.9 Å². The molecule has 0 unspecified atom stereocenters. The Labute approximate surface area is 172 Å². The van der Waals surface area contributed by atoms with E-state index in [9.17, 15) is 4.79 Å². The van der Waals surface area contributed by atoms with E-state index in [1.165, 1.54) is 23.8 Å². The highest BCUT2D eigenvalue weighted by atomic mass is 35.5. The number of thiazole rings is 1. The maximum absolute atomic E-state index is 12.2. The molecule has 0 saturated heterocycles. The third kappa shape index (κ3) is 4.61. The number of hydrogen-bond acceptors (Lipinski definition) is 4. The van der Waals surface area contributed by atoms with Crippen LogP contribution in [0.3, 0.4) is 0 Å². The summed E-state index contributed by atoms with van der Waals surface area (Å²) in [7, 11) is 0. The molecule has 0 aliphatic carbocycles. The number of halogens is 2. The van der Waals surface area contributed by atoms with Crippen molar-refractivity contribution < 1.29 is 9.53 Å². The minimum Gasteiger partial charge on any atom is -0.486 e. The molecule has 2 aromatic carbocycles. The monoisotopic (exact) mass is 420 g/mol. The smallest absolute Gasteiger partial charge is 0.230 e. The van der Waals surface area contributed by atoms with E-state index in [4.69, 9.17) is 27.9 Å². The number of nitrogens with zero attached hydrogens (tertiary/aromatic N) is 2. The topological polar surface area (TPSA) is 42.4 Å². The van der Waals surface area contributed by atoms with Crippen LogP contribution in [0, 0.1) is 0 Å². The fourth-order valence-electron chi connectivity index (χ4n) is 2.52. The highest BCUT2D eigenvalue weighted by Crippen LogP contribution is 2.33. The third-order valence-electron chi connectivity index (χ3n) is 3.94. The normalized spacial score (nSPS) is 10.7. The standard InChI is InChI=1S/C20H18Cl2N2O2S/c1-3-14-7-9-16(10-8-14)24(13(2)25)20-23-15(12-27-20)11-26-18-6-4-5-17(21)19(18)22/h4-10,12H,3,11H2,1-2H3. The third-order valence-corrected chi connectivity index (χ3v) is 5.62. The van der Waals surface area contributed by atoms with Gasteiger partial charge in [-0.05, 0) is 36.2 Å². The Morgan fingerprint density at radius 1 is 1.19 bits per heavy atom. The van der Waals surface area contributed by atoms with Gasteiger partial charge in [-0.2, -0.15) is 0 Å². The summed E-state index contributed by atoms with van der Waals surface area (Å²) in [6.45, 7) is 3.85. The van der Waals surface area contributed by atoms with Crippen LogP contribution in [0.15, 0.2) is 47.8 Å². The number of ether oxygens (including phenoxy) is 1. The largest absolute Gasteiger partial charge is 0.486 e. The molecule has 27 heavy (non-hydrogen) atoms. The summed E-state index contributed by atoms with van der Waals surface area (Å²) in [5.41, 5.74) is 2.72. The van der Waals surface area contributed by atoms with Gasteiger partial charge in [0.15, 0.2) is 5.13 Å². The molecule has 140 valence electrons. The van der Waals surface area contributed by atoms with Crippen LogP contribution in [0.5, 0.6) is 5.75 Å². The number of benzene rings is 2. The first-order chi connectivity index (χ1) is 13.0. The number of aromatic nitrogens is 1. The molecule has 0 fully saturated rings. The molecule has 7 heteroatoms. The van der Waals surface area contributed by atoms with Crippen molar-refractivity contribution >= 4 is 51.3 Å². The number of hydrogen-bond donors (Lipinski definition) is 0. The average molecular weight is 421 g/mol. The molecule has 0 aliphatic heterocycles. The summed E-state index contributed by atoms with van der Waals surface area (Å²) in [5.74, 6) is 0.399. The quantitative estimate of drug-likeness (QED) is 0.471. The van der Waals surface area contributed by atoms with Crippen LogP contribution in [0.1, 0.15) is 25.1 Å². The van der Waals surface area contributed by atoms with Gasteiger partial charge in [0.2, 0.25) is 5.91 Å². The molecule has 0 radical (unpaired) electrons. The average Bonchev–Trinajstić information content (AvgIpc) is 3.12. The molecule has 3 rings (SSSR count). The van der Waals surface area contributed by atoms with Gasteiger partial charge in [0, 0.05) is 12.3 Å². The molecular weight excluding hydrogens is 403 g/mol. The van der Waals surface area contributed by atoms with Crippen LogP contribution in [0.25, 0.3) is 0 Å². The summed E-state index contributed by atoms with van der Waals surface area (Å²) < 4.78 is 5.72. The first-order valence-corrected chi connectivity index (χ1v) is 10.0. The van der Waals surface area contributed by atoms with Gasteiger partial charge in [0.25, 0.3) is 0 Å². The molecule has 3 aromatic rings. The van der Waals surface area contributed by atoms with E-state index in [0.29, 0.717) is 26.6 Å². The van der Waals surface area contributed by atoms with Crippen LogP contribution in [0.2, 0.25) is 10.0 Å². The van der Waals surface area contributed by atoms with Gasteiger partial charge in [0.1, 0.15) is 17.4 Å². The van der Waals surface area contributed by atoms with Gasteiger partial charge in [-0.25, -0.2) is 4.98 Å². The van der Waals surface area contributed by atoms with Crippen molar-refractivity contribution in [3.05, 3.63) is 69.1 Å². The molecule has 0 spiro atoms. The Morgan fingerprint density at radius 2 is 1.93 bits per heavy atom. The molecule has 1 amide bonds. The lowest BCUT2D eigenvalue weighted by atomic mass is 10.1. The van der Waals surface area contributed by atoms with Gasteiger partial charge in [0.05, 0.1) is 16.4 Å². The lowest BCUT2D eigenvalue weighted by molar-refractivity contribution is -0.115. The van der Waals surface area contributed by atoms with Gasteiger partial charge in [-0.15, -0.1) is 11.3 Å². The zero-order valence-electron chi connectivity index (χ0n) is 14.9. The van der Waals surface area contributed by atoms with Crippen LogP contribution >= 0.6 is 34.5 Å². The Balaban J connectivity index is 1.77. The number of rotatable bonds is 6. The maximum atomic E-state index is 12.2. The van der Waals surface area contributed by atoms with E-state index >= 15 is 0 Å². The lowest BCUT2D eigenvalue weighted by Gasteiger charge is -2.18. The summed E-state index contributed by atoms with van der Waals surface area (Å²) in [6, 6.07) is 13.1. The Morgan fingerprint density at radius 3 is 2.59 bits per heavy atom. The highest BCUT2D eigenvalue weighted by Gasteiger charge is 2.18. The van der Waals surface area contributed by atoms with Crippen molar-refractivity contribution in [2.45, 2.75) is 26.9 Å². The van der Waals surface area contributed by atoms with E-state index in [1.807, 2.05) is 29.6 Å².